The van der Waals surface area contributed by atoms with Crippen LogP contribution in [-0.4, -0.2) is 40.7 Å². The first-order chi connectivity index (χ1) is 7.19. The third kappa shape index (κ3) is 3.18. The van der Waals surface area contributed by atoms with E-state index in [0.717, 1.165) is 24.5 Å². The smallest absolute Gasteiger partial charge is 0.0900 e. The molecule has 16 heavy (non-hydrogen) atoms. The first-order valence-corrected chi connectivity index (χ1v) is 6.06. The van der Waals surface area contributed by atoms with Crippen LogP contribution in [0.3, 0.4) is 0 Å². The average Bonchev–Trinajstić information content (AvgIpc) is 2.57. The van der Waals surface area contributed by atoms with Gasteiger partial charge in [0.2, 0.25) is 0 Å². The molecule has 1 aliphatic rings. The van der Waals surface area contributed by atoms with E-state index in [9.17, 15) is 5.11 Å². The van der Waals surface area contributed by atoms with Crippen molar-refractivity contribution in [2.75, 3.05) is 19.6 Å². The zero-order valence-corrected chi connectivity index (χ0v) is 11.3. The topological polar surface area (TPSA) is 62.4 Å². The zero-order valence-electron chi connectivity index (χ0n) is 9.44. The summed E-state index contributed by atoms with van der Waals surface area (Å²) in [5.74, 6) is 0. The highest BCUT2D eigenvalue weighted by molar-refractivity contribution is 7.59. The Balaban J connectivity index is 0.00000128. The molecule has 0 unspecified atom stereocenters. The number of aliphatic hydroxyl groups excluding tert-OH is 1. The monoisotopic (exact) mass is 261 g/mol. The summed E-state index contributed by atoms with van der Waals surface area (Å²) in [5, 5.41) is 10.6. The van der Waals surface area contributed by atoms with Crippen LogP contribution in [0.4, 0.5) is 0 Å². The van der Waals surface area contributed by atoms with Gasteiger partial charge in [-0.25, -0.2) is 4.98 Å². The predicted molar refractivity (Wildman–Crippen MR) is 71.3 cm³/mol. The van der Waals surface area contributed by atoms with Crippen molar-refractivity contribution in [1.82, 2.24) is 9.88 Å². The molecule has 92 valence electrons. The molecule has 1 atom stereocenters. The fraction of sp³-hybridized carbons (Fsp3) is 0.700. The molecule has 0 saturated heterocycles. The minimum Gasteiger partial charge on any atom is -0.390 e. The molecule has 0 aromatic carbocycles. The largest absolute Gasteiger partial charge is 0.390 e. The van der Waals surface area contributed by atoms with Gasteiger partial charge in [0.25, 0.3) is 0 Å². The summed E-state index contributed by atoms with van der Waals surface area (Å²) in [6.07, 6.45) is 0.595. The van der Waals surface area contributed by atoms with Crippen LogP contribution in [0.15, 0.2) is 0 Å². The van der Waals surface area contributed by atoms with Gasteiger partial charge in [-0.1, -0.05) is 0 Å². The maximum atomic E-state index is 9.48. The maximum absolute atomic E-state index is 9.48. The SMILES string of the molecule is Cc1nc2c(s1)CN(C[C@@H](O)CN)CC2.S. The van der Waals surface area contributed by atoms with E-state index in [1.807, 2.05) is 6.92 Å². The van der Waals surface area contributed by atoms with Gasteiger partial charge in [0, 0.05) is 37.5 Å². The highest BCUT2D eigenvalue weighted by atomic mass is 32.1. The van der Waals surface area contributed by atoms with E-state index in [1.54, 1.807) is 11.3 Å². The van der Waals surface area contributed by atoms with Gasteiger partial charge in [-0.2, -0.15) is 13.5 Å². The Morgan fingerprint density at radius 1 is 1.62 bits per heavy atom. The van der Waals surface area contributed by atoms with Crippen LogP contribution < -0.4 is 5.73 Å². The Morgan fingerprint density at radius 3 is 3.06 bits per heavy atom. The van der Waals surface area contributed by atoms with Gasteiger partial charge in [0.1, 0.15) is 0 Å². The Kier molecular flexibility index (Phi) is 5.20. The third-order valence-corrected chi connectivity index (χ3v) is 3.66. The number of aromatic nitrogens is 1. The fourth-order valence-electron chi connectivity index (χ4n) is 1.91. The van der Waals surface area contributed by atoms with Crippen molar-refractivity contribution in [3.8, 4) is 0 Å². The van der Waals surface area contributed by atoms with Crippen LogP contribution in [0, 0.1) is 6.92 Å². The Hall–Kier alpha value is -0.140. The van der Waals surface area contributed by atoms with Crippen LogP contribution in [-0.2, 0) is 13.0 Å². The minimum atomic E-state index is -0.402. The third-order valence-electron chi connectivity index (χ3n) is 2.66. The molecule has 6 heteroatoms. The van der Waals surface area contributed by atoms with E-state index in [-0.39, 0.29) is 13.5 Å². The summed E-state index contributed by atoms with van der Waals surface area (Å²) in [6.45, 7) is 4.95. The molecule has 0 amide bonds. The van der Waals surface area contributed by atoms with E-state index in [0.29, 0.717) is 13.1 Å². The number of hydrogen-bond donors (Lipinski definition) is 2. The number of nitrogens with zero attached hydrogens (tertiary/aromatic N) is 2. The zero-order chi connectivity index (χ0) is 10.8. The number of nitrogens with two attached hydrogens (primary N) is 1. The van der Waals surface area contributed by atoms with Gasteiger partial charge in [-0.05, 0) is 6.92 Å². The molecule has 1 aromatic heterocycles. The van der Waals surface area contributed by atoms with E-state index in [2.05, 4.69) is 9.88 Å². The van der Waals surface area contributed by atoms with Crippen molar-refractivity contribution in [3.05, 3.63) is 15.6 Å². The van der Waals surface area contributed by atoms with Crippen LogP contribution >= 0.6 is 24.8 Å². The van der Waals surface area contributed by atoms with Crippen molar-refractivity contribution in [3.63, 3.8) is 0 Å². The predicted octanol–water partition coefficient (Wildman–Crippen LogP) is 0.242. The van der Waals surface area contributed by atoms with Gasteiger partial charge >= 0.3 is 0 Å². The number of aliphatic hydroxyl groups is 1. The van der Waals surface area contributed by atoms with Crippen molar-refractivity contribution in [2.24, 2.45) is 5.73 Å². The Morgan fingerprint density at radius 2 is 2.38 bits per heavy atom. The van der Waals surface area contributed by atoms with Crippen LogP contribution in [0.1, 0.15) is 15.6 Å². The molecular formula is C10H19N3OS2. The standard InChI is InChI=1S/C10H17N3OS.H2S/c1-7-12-9-2-3-13(5-8(14)4-11)6-10(9)15-7;/h8,14H,2-6,11H2,1H3;1H2/t8-;/m0./s1. The molecule has 4 nitrogen and oxygen atoms in total. The average molecular weight is 261 g/mol. The summed E-state index contributed by atoms with van der Waals surface area (Å²) < 4.78 is 0. The van der Waals surface area contributed by atoms with E-state index in [1.165, 1.54) is 10.6 Å². The molecule has 0 fully saturated rings. The summed E-state index contributed by atoms with van der Waals surface area (Å²) in [7, 11) is 0. The molecular weight excluding hydrogens is 242 g/mol. The van der Waals surface area contributed by atoms with Crippen molar-refractivity contribution in [1.29, 1.82) is 0 Å². The second kappa shape index (κ2) is 5.97. The second-order valence-electron chi connectivity index (χ2n) is 3.98. The lowest BCUT2D eigenvalue weighted by molar-refractivity contribution is 0.112. The number of β-amino-alcohol motifs (C(OH)–C–C–N with tert-alkyl or cyclic N) is 1. The summed E-state index contributed by atoms with van der Waals surface area (Å²) in [6, 6.07) is 0. The van der Waals surface area contributed by atoms with Gasteiger partial charge in [-0.15, -0.1) is 11.3 Å². The molecule has 2 rings (SSSR count). The quantitative estimate of drug-likeness (QED) is 0.818. The first-order valence-electron chi connectivity index (χ1n) is 5.24. The lowest BCUT2D eigenvalue weighted by Crippen LogP contribution is -2.39. The number of aryl methyl sites for hydroxylation is 1. The molecule has 2 heterocycles. The number of rotatable bonds is 3. The first kappa shape index (κ1) is 13.9. The molecule has 0 radical (unpaired) electrons. The lowest BCUT2D eigenvalue weighted by atomic mass is 10.1. The van der Waals surface area contributed by atoms with Crippen molar-refractivity contribution < 1.29 is 5.11 Å². The normalized spacial score (nSPS) is 17.7. The van der Waals surface area contributed by atoms with Crippen LogP contribution in [0.5, 0.6) is 0 Å². The van der Waals surface area contributed by atoms with Gasteiger partial charge in [0.15, 0.2) is 0 Å². The summed E-state index contributed by atoms with van der Waals surface area (Å²) >= 11 is 1.76. The highest BCUT2D eigenvalue weighted by Crippen LogP contribution is 2.24. The van der Waals surface area contributed by atoms with Crippen molar-refractivity contribution >= 4 is 24.8 Å². The van der Waals surface area contributed by atoms with Gasteiger partial charge in [0.05, 0.1) is 16.8 Å². The molecule has 0 bridgehead atoms. The molecule has 1 aromatic rings. The van der Waals surface area contributed by atoms with E-state index in [4.69, 9.17) is 5.73 Å². The van der Waals surface area contributed by atoms with Gasteiger partial charge < -0.3 is 10.8 Å². The Bertz CT molecular complexity index is 343. The molecule has 3 N–H and O–H groups in total. The molecule has 0 spiro atoms. The summed E-state index contributed by atoms with van der Waals surface area (Å²) in [5.41, 5.74) is 6.65. The summed E-state index contributed by atoms with van der Waals surface area (Å²) in [4.78, 5) is 8.09. The number of fused-ring (bicyclic) bond motifs is 1. The minimum absolute atomic E-state index is 0. The molecule has 1 aliphatic heterocycles. The fourth-order valence-corrected chi connectivity index (χ4v) is 2.93. The molecule has 0 saturated carbocycles. The number of thiazole rings is 1. The lowest BCUT2D eigenvalue weighted by Gasteiger charge is -2.27. The Labute approximate surface area is 107 Å². The van der Waals surface area contributed by atoms with Gasteiger partial charge in [-0.3, -0.25) is 4.90 Å². The van der Waals surface area contributed by atoms with E-state index < -0.39 is 6.10 Å². The molecule has 0 aliphatic carbocycles. The van der Waals surface area contributed by atoms with Crippen LogP contribution in [0.25, 0.3) is 0 Å². The van der Waals surface area contributed by atoms with E-state index >= 15 is 0 Å². The van der Waals surface area contributed by atoms with Crippen LogP contribution in [0.2, 0.25) is 0 Å². The van der Waals surface area contributed by atoms with Crippen molar-refractivity contribution in [2.45, 2.75) is 26.0 Å². The maximum Gasteiger partial charge on any atom is 0.0900 e. The number of hydrogen-bond acceptors (Lipinski definition) is 5. The highest BCUT2D eigenvalue weighted by Gasteiger charge is 2.20. The second-order valence-corrected chi connectivity index (χ2v) is 5.27.